The molecule has 0 amide bonds. The van der Waals surface area contributed by atoms with E-state index in [0.29, 0.717) is 6.42 Å². The number of carboxylic acid groups (broad SMARTS) is 2. The molecular weight excluding hydrogens is 222 g/mol. The van der Waals surface area contributed by atoms with Crippen LogP contribution in [0.2, 0.25) is 0 Å². The highest BCUT2D eigenvalue weighted by Crippen LogP contribution is 2.20. The van der Waals surface area contributed by atoms with Gasteiger partial charge < -0.3 is 10.2 Å². The van der Waals surface area contributed by atoms with E-state index in [-0.39, 0.29) is 6.42 Å². The molecule has 0 aliphatic rings. The van der Waals surface area contributed by atoms with Crippen LogP contribution in [0.1, 0.15) is 47.5 Å². The van der Waals surface area contributed by atoms with Crippen molar-refractivity contribution in [1.82, 2.24) is 0 Å². The zero-order chi connectivity index (χ0) is 14.3. The second-order valence-corrected chi connectivity index (χ2v) is 5.44. The molecule has 2 N–H and O–H groups in total. The summed E-state index contributed by atoms with van der Waals surface area (Å²) in [5.74, 6) is -1.60. The lowest BCUT2D eigenvalue weighted by atomic mass is 9.90. The van der Waals surface area contributed by atoms with Gasteiger partial charge in [-0.3, -0.25) is 9.59 Å². The van der Waals surface area contributed by atoms with Crippen LogP contribution >= 0.6 is 0 Å². The van der Waals surface area contributed by atoms with Crippen molar-refractivity contribution in [3.8, 4) is 6.07 Å². The summed E-state index contributed by atoms with van der Waals surface area (Å²) in [5, 5.41) is 25.0. The van der Waals surface area contributed by atoms with E-state index in [4.69, 9.17) is 15.5 Å². The van der Waals surface area contributed by atoms with Gasteiger partial charge in [0.1, 0.15) is 0 Å². The average Bonchev–Trinajstić information content (AvgIpc) is 2.14. The summed E-state index contributed by atoms with van der Waals surface area (Å²) in [6.45, 7) is 8.45. The molecule has 98 valence electrons. The standard InChI is InChI=1S/C7H11NO2.C5H10O2/c1-7(2,5-8)4-3-6(9)10;1-5(2,3)4(6)7/h3-4H2,1-2H3,(H,9,10);1-3H3,(H,6,7). The number of nitriles is 1. The summed E-state index contributed by atoms with van der Waals surface area (Å²) in [6.07, 6.45) is 0.486. The predicted octanol–water partition coefficient (Wildman–Crippen LogP) is 2.52. The fourth-order valence-electron chi connectivity index (χ4n) is 0.475. The smallest absolute Gasteiger partial charge is 0.308 e. The third kappa shape index (κ3) is 12.4. The van der Waals surface area contributed by atoms with Crippen LogP contribution < -0.4 is 0 Å². The zero-order valence-electron chi connectivity index (χ0n) is 11.1. The van der Waals surface area contributed by atoms with Gasteiger partial charge in [-0.2, -0.15) is 5.26 Å². The van der Waals surface area contributed by atoms with Gasteiger partial charge in [0.2, 0.25) is 0 Å². The Hall–Kier alpha value is -1.57. The monoisotopic (exact) mass is 243 g/mol. The van der Waals surface area contributed by atoms with Gasteiger partial charge in [0.15, 0.2) is 0 Å². The van der Waals surface area contributed by atoms with Crippen LogP contribution in [0.25, 0.3) is 0 Å². The summed E-state index contributed by atoms with van der Waals surface area (Å²) in [6, 6.07) is 2.03. The SMILES string of the molecule is CC(C)(C#N)CCC(=O)O.CC(C)(C)C(=O)O. The van der Waals surface area contributed by atoms with Crippen molar-refractivity contribution < 1.29 is 19.8 Å². The molecule has 0 rings (SSSR count). The lowest BCUT2D eigenvalue weighted by Gasteiger charge is -2.11. The fraction of sp³-hybridized carbons (Fsp3) is 0.750. The molecule has 0 fully saturated rings. The summed E-state index contributed by atoms with van der Waals surface area (Å²) in [4.78, 5) is 20.1. The van der Waals surface area contributed by atoms with E-state index in [1.54, 1.807) is 34.6 Å². The molecule has 5 heteroatoms. The first-order valence-electron chi connectivity index (χ1n) is 5.29. The summed E-state index contributed by atoms with van der Waals surface area (Å²) < 4.78 is 0. The van der Waals surface area contributed by atoms with Crippen molar-refractivity contribution in [3.05, 3.63) is 0 Å². The van der Waals surface area contributed by atoms with Crippen molar-refractivity contribution in [2.45, 2.75) is 47.5 Å². The van der Waals surface area contributed by atoms with Gasteiger partial charge in [0.25, 0.3) is 0 Å². The first-order valence-corrected chi connectivity index (χ1v) is 5.29. The van der Waals surface area contributed by atoms with E-state index < -0.39 is 22.8 Å². The fourth-order valence-corrected chi connectivity index (χ4v) is 0.475. The second-order valence-electron chi connectivity index (χ2n) is 5.44. The molecule has 0 radical (unpaired) electrons. The van der Waals surface area contributed by atoms with Crippen LogP contribution in [-0.2, 0) is 9.59 Å². The van der Waals surface area contributed by atoms with Crippen LogP contribution in [0, 0.1) is 22.2 Å². The molecule has 0 saturated carbocycles. The van der Waals surface area contributed by atoms with E-state index in [0.717, 1.165) is 0 Å². The highest BCUT2D eigenvalue weighted by Gasteiger charge is 2.19. The molecule has 0 unspecified atom stereocenters. The van der Waals surface area contributed by atoms with E-state index in [9.17, 15) is 9.59 Å². The Balaban J connectivity index is 0. The minimum atomic E-state index is -0.844. The lowest BCUT2D eigenvalue weighted by Crippen LogP contribution is -2.18. The number of hydrogen-bond acceptors (Lipinski definition) is 3. The molecule has 5 nitrogen and oxygen atoms in total. The molecule has 0 heterocycles. The number of hydrogen-bond donors (Lipinski definition) is 2. The first kappa shape index (κ1) is 17.8. The second kappa shape index (κ2) is 6.89. The Morgan fingerprint density at radius 3 is 1.65 bits per heavy atom. The maximum absolute atomic E-state index is 10.1. The van der Waals surface area contributed by atoms with E-state index in [1.165, 1.54) is 0 Å². The Morgan fingerprint density at radius 1 is 1.12 bits per heavy atom. The van der Waals surface area contributed by atoms with E-state index >= 15 is 0 Å². The predicted molar refractivity (Wildman–Crippen MR) is 63.4 cm³/mol. The Labute approximate surface area is 102 Å². The van der Waals surface area contributed by atoms with Gasteiger partial charge in [0.05, 0.1) is 16.9 Å². The molecular formula is C12H21NO4. The molecule has 0 saturated heterocycles. The number of nitrogens with zero attached hydrogens (tertiary/aromatic N) is 1. The maximum Gasteiger partial charge on any atom is 0.308 e. The molecule has 0 aromatic rings. The normalized spacial score (nSPS) is 10.8. The highest BCUT2D eigenvalue weighted by atomic mass is 16.4. The molecule has 0 atom stereocenters. The minimum Gasteiger partial charge on any atom is -0.481 e. The van der Waals surface area contributed by atoms with Crippen molar-refractivity contribution in [1.29, 1.82) is 5.26 Å². The van der Waals surface area contributed by atoms with Crippen molar-refractivity contribution >= 4 is 11.9 Å². The third-order valence-corrected chi connectivity index (χ3v) is 1.91. The van der Waals surface area contributed by atoms with E-state index in [1.807, 2.05) is 6.07 Å². The van der Waals surface area contributed by atoms with Crippen molar-refractivity contribution in [2.75, 3.05) is 0 Å². The topological polar surface area (TPSA) is 98.4 Å². The van der Waals surface area contributed by atoms with Crippen LogP contribution in [-0.4, -0.2) is 22.2 Å². The average molecular weight is 243 g/mol. The zero-order valence-corrected chi connectivity index (χ0v) is 11.1. The molecule has 0 aromatic heterocycles. The van der Waals surface area contributed by atoms with Gasteiger partial charge in [-0.25, -0.2) is 0 Å². The van der Waals surface area contributed by atoms with Gasteiger partial charge in [-0.05, 0) is 41.0 Å². The minimum absolute atomic E-state index is 0.0700. The molecule has 0 spiro atoms. The first-order chi connectivity index (χ1) is 7.42. The number of rotatable bonds is 3. The Bertz CT molecular complexity index is 307. The van der Waals surface area contributed by atoms with Crippen molar-refractivity contribution in [3.63, 3.8) is 0 Å². The number of carbonyl (C=O) groups is 2. The Morgan fingerprint density at radius 2 is 1.47 bits per heavy atom. The quantitative estimate of drug-likeness (QED) is 0.793. The van der Waals surface area contributed by atoms with Gasteiger partial charge in [0, 0.05) is 6.42 Å². The van der Waals surface area contributed by atoms with E-state index in [2.05, 4.69) is 0 Å². The lowest BCUT2D eigenvalue weighted by molar-refractivity contribution is -0.145. The molecule has 0 aliphatic carbocycles. The van der Waals surface area contributed by atoms with Crippen LogP contribution in [0.15, 0.2) is 0 Å². The molecule has 0 aromatic carbocycles. The molecule has 0 bridgehead atoms. The number of carboxylic acids is 2. The van der Waals surface area contributed by atoms with Gasteiger partial charge in [-0.15, -0.1) is 0 Å². The van der Waals surface area contributed by atoms with Crippen LogP contribution in [0.5, 0.6) is 0 Å². The number of aliphatic carboxylic acids is 2. The summed E-state index contributed by atoms with van der Waals surface area (Å²) >= 11 is 0. The van der Waals surface area contributed by atoms with Gasteiger partial charge in [-0.1, -0.05) is 0 Å². The largest absolute Gasteiger partial charge is 0.481 e. The summed E-state index contributed by atoms with van der Waals surface area (Å²) in [7, 11) is 0. The van der Waals surface area contributed by atoms with Crippen molar-refractivity contribution in [2.24, 2.45) is 10.8 Å². The Kier molecular flexibility index (Phi) is 7.22. The maximum atomic E-state index is 10.1. The highest BCUT2D eigenvalue weighted by molar-refractivity contribution is 5.72. The van der Waals surface area contributed by atoms with Crippen LogP contribution in [0.3, 0.4) is 0 Å². The molecule has 17 heavy (non-hydrogen) atoms. The van der Waals surface area contributed by atoms with Gasteiger partial charge >= 0.3 is 11.9 Å². The third-order valence-electron chi connectivity index (χ3n) is 1.91. The van der Waals surface area contributed by atoms with Crippen LogP contribution in [0.4, 0.5) is 0 Å². The summed E-state index contributed by atoms with van der Waals surface area (Å²) in [5.41, 5.74) is -1.08. The molecule has 0 aliphatic heterocycles.